The maximum atomic E-state index is 13.1. The van der Waals surface area contributed by atoms with Gasteiger partial charge in [0.25, 0.3) is 11.5 Å². The maximum Gasteiger partial charge on any atom is 0.259 e. The fraction of sp³-hybridized carbons (Fsp3) is 0.368. The van der Waals surface area contributed by atoms with Crippen molar-refractivity contribution in [3.63, 3.8) is 0 Å². The number of nitrogens with two attached hydrogens (primary N) is 1. The van der Waals surface area contributed by atoms with Gasteiger partial charge in [-0.05, 0) is 37.3 Å². The van der Waals surface area contributed by atoms with E-state index < -0.39 is 0 Å². The number of H-pyrrole nitrogens is 1. The molecule has 3 aromatic rings. The lowest BCUT2D eigenvalue weighted by Crippen LogP contribution is -2.40. The van der Waals surface area contributed by atoms with Gasteiger partial charge >= 0.3 is 0 Å². The molecule has 2 amide bonds. The summed E-state index contributed by atoms with van der Waals surface area (Å²) < 4.78 is 1.60. The molecular weight excluding hydrogens is 346 g/mol. The number of fused-ring (bicyclic) bond motifs is 3. The number of rotatable bonds is 4. The number of benzene rings is 1. The van der Waals surface area contributed by atoms with Gasteiger partial charge in [-0.2, -0.15) is 5.10 Å². The van der Waals surface area contributed by atoms with E-state index in [0.29, 0.717) is 48.0 Å². The number of carbonyl (C=O) groups is 2. The molecule has 4 rings (SSSR count). The van der Waals surface area contributed by atoms with Gasteiger partial charge in [0.15, 0.2) is 0 Å². The molecule has 2 aromatic heterocycles. The van der Waals surface area contributed by atoms with E-state index in [4.69, 9.17) is 5.73 Å². The van der Waals surface area contributed by atoms with E-state index in [9.17, 15) is 14.4 Å². The Morgan fingerprint density at radius 1 is 1.30 bits per heavy atom. The number of aromatic nitrogens is 3. The summed E-state index contributed by atoms with van der Waals surface area (Å²) in [4.78, 5) is 41.0. The molecule has 3 heterocycles. The third kappa shape index (κ3) is 3.18. The summed E-state index contributed by atoms with van der Waals surface area (Å²) in [5.41, 5.74) is 6.44. The molecule has 0 spiro atoms. The first-order valence-electron chi connectivity index (χ1n) is 9.11. The molecule has 1 fully saturated rings. The highest BCUT2D eigenvalue weighted by Gasteiger charge is 2.27. The quantitative estimate of drug-likeness (QED) is 0.723. The van der Waals surface area contributed by atoms with E-state index in [1.807, 2.05) is 6.07 Å². The van der Waals surface area contributed by atoms with E-state index in [2.05, 4.69) is 10.1 Å². The summed E-state index contributed by atoms with van der Waals surface area (Å²) in [6, 6.07) is 7.15. The van der Waals surface area contributed by atoms with Gasteiger partial charge in [0, 0.05) is 19.5 Å². The van der Waals surface area contributed by atoms with Gasteiger partial charge in [-0.25, -0.2) is 4.52 Å². The molecule has 1 aliphatic rings. The lowest BCUT2D eigenvalue weighted by Gasteiger charge is -2.32. The Morgan fingerprint density at radius 3 is 2.93 bits per heavy atom. The molecule has 1 atom stereocenters. The molecule has 140 valence electrons. The molecule has 27 heavy (non-hydrogen) atoms. The number of para-hydroxylation sites is 1. The third-order valence-corrected chi connectivity index (χ3v) is 5.21. The molecule has 0 radical (unpaired) electrons. The number of piperidine rings is 1. The van der Waals surface area contributed by atoms with Gasteiger partial charge in [-0.15, -0.1) is 0 Å². The summed E-state index contributed by atoms with van der Waals surface area (Å²) in [5, 5.41) is 4.84. The molecule has 1 aromatic carbocycles. The normalized spacial score (nSPS) is 17.5. The minimum Gasteiger partial charge on any atom is -0.370 e. The first-order valence-corrected chi connectivity index (χ1v) is 9.11. The second-order valence-electron chi connectivity index (χ2n) is 7.05. The van der Waals surface area contributed by atoms with Crippen molar-refractivity contribution in [1.29, 1.82) is 0 Å². The van der Waals surface area contributed by atoms with Gasteiger partial charge < -0.3 is 15.6 Å². The second-order valence-corrected chi connectivity index (χ2v) is 7.05. The van der Waals surface area contributed by atoms with Crippen LogP contribution >= 0.6 is 0 Å². The SMILES string of the molecule is NC(=O)CCC1CCCN(C(=O)c2cnn3c2[nH]c(=O)c2ccccc23)C1. The van der Waals surface area contributed by atoms with Crippen LogP contribution in [0.5, 0.6) is 0 Å². The molecule has 1 saturated heterocycles. The number of carbonyl (C=O) groups excluding carboxylic acids is 2. The minimum absolute atomic E-state index is 0.153. The Hall–Kier alpha value is -3.16. The second kappa shape index (κ2) is 6.86. The van der Waals surface area contributed by atoms with Crippen LogP contribution in [-0.2, 0) is 4.79 Å². The van der Waals surface area contributed by atoms with Gasteiger partial charge in [0.1, 0.15) is 11.2 Å². The average Bonchev–Trinajstić information content (AvgIpc) is 3.10. The average molecular weight is 367 g/mol. The van der Waals surface area contributed by atoms with Crippen LogP contribution in [0.4, 0.5) is 0 Å². The summed E-state index contributed by atoms with van der Waals surface area (Å²) >= 11 is 0. The zero-order valence-corrected chi connectivity index (χ0v) is 14.9. The molecule has 1 aliphatic heterocycles. The Morgan fingerprint density at radius 2 is 2.11 bits per heavy atom. The highest BCUT2D eigenvalue weighted by atomic mass is 16.2. The topological polar surface area (TPSA) is 114 Å². The van der Waals surface area contributed by atoms with Crippen LogP contribution < -0.4 is 11.3 Å². The summed E-state index contributed by atoms with van der Waals surface area (Å²) in [6.45, 7) is 1.24. The molecule has 3 N–H and O–H groups in total. The third-order valence-electron chi connectivity index (χ3n) is 5.21. The number of hydrogen-bond acceptors (Lipinski definition) is 4. The number of nitrogens with zero attached hydrogens (tertiary/aromatic N) is 3. The Kier molecular flexibility index (Phi) is 4.39. The number of hydrogen-bond donors (Lipinski definition) is 2. The van der Waals surface area contributed by atoms with Crippen molar-refractivity contribution in [2.75, 3.05) is 13.1 Å². The first kappa shape index (κ1) is 17.3. The Bertz CT molecular complexity index is 1080. The van der Waals surface area contributed by atoms with E-state index in [-0.39, 0.29) is 23.3 Å². The predicted octanol–water partition coefficient (Wildman–Crippen LogP) is 1.29. The van der Waals surface area contributed by atoms with E-state index in [0.717, 1.165) is 12.8 Å². The van der Waals surface area contributed by atoms with E-state index in [1.165, 1.54) is 6.20 Å². The molecule has 8 nitrogen and oxygen atoms in total. The number of primary amides is 1. The number of aromatic amines is 1. The molecular formula is C19H21N5O3. The van der Waals surface area contributed by atoms with Gasteiger partial charge in [-0.3, -0.25) is 14.4 Å². The van der Waals surface area contributed by atoms with Crippen molar-refractivity contribution in [1.82, 2.24) is 19.5 Å². The van der Waals surface area contributed by atoms with Crippen LogP contribution in [0, 0.1) is 5.92 Å². The van der Waals surface area contributed by atoms with Crippen molar-refractivity contribution >= 4 is 28.4 Å². The van der Waals surface area contributed by atoms with Crippen molar-refractivity contribution < 1.29 is 9.59 Å². The Labute approximate surface area is 155 Å². The number of likely N-dealkylation sites (tertiary alicyclic amines) is 1. The van der Waals surface area contributed by atoms with Crippen molar-refractivity contribution in [3.05, 3.63) is 46.4 Å². The van der Waals surface area contributed by atoms with E-state index in [1.54, 1.807) is 27.6 Å². The predicted molar refractivity (Wildman–Crippen MR) is 100 cm³/mol. The fourth-order valence-electron chi connectivity index (χ4n) is 3.83. The van der Waals surface area contributed by atoms with Crippen LogP contribution in [0.1, 0.15) is 36.0 Å². The summed E-state index contributed by atoms with van der Waals surface area (Å²) in [5.74, 6) is -0.206. The molecule has 0 saturated carbocycles. The lowest BCUT2D eigenvalue weighted by molar-refractivity contribution is -0.118. The molecule has 8 heteroatoms. The highest BCUT2D eigenvalue weighted by molar-refractivity contribution is 6.00. The summed E-state index contributed by atoms with van der Waals surface area (Å²) in [6.07, 6.45) is 4.40. The molecule has 0 bridgehead atoms. The van der Waals surface area contributed by atoms with E-state index >= 15 is 0 Å². The summed E-state index contributed by atoms with van der Waals surface area (Å²) in [7, 11) is 0. The monoisotopic (exact) mass is 367 g/mol. The Balaban J connectivity index is 1.65. The van der Waals surface area contributed by atoms with Crippen LogP contribution in [0.25, 0.3) is 16.6 Å². The highest BCUT2D eigenvalue weighted by Crippen LogP contribution is 2.23. The van der Waals surface area contributed by atoms with Crippen LogP contribution in [0.3, 0.4) is 0 Å². The first-order chi connectivity index (χ1) is 13.0. The maximum absolute atomic E-state index is 13.1. The lowest BCUT2D eigenvalue weighted by atomic mass is 9.93. The number of amides is 2. The molecule has 1 unspecified atom stereocenters. The van der Waals surface area contributed by atoms with Gasteiger partial charge in [0.05, 0.1) is 17.1 Å². The number of nitrogens with one attached hydrogen (secondary N) is 1. The largest absolute Gasteiger partial charge is 0.370 e. The zero-order chi connectivity index (χ0) is 19.0. The van der Waals surface area contributed by atoms with Crippen molar-refractivity contribution in [2.24, 2.45) is 11.7 Å². The van der Waals surface area contributed by atoms with Crippen molar-refractivity contribution in [3.8, 4) is 0 Å². The van der Waals surface area contributed by atoms with Crippen LogP contribution in [0.15, 0.2) is 35.3 Å². The molecule has 0 aliphatic carbocycles. The standard InChI is InChI=1S/C19H21N5O3/c20-16(25)8-7-12-4-3-9-23(11-12)19(27)14-10-21-24-15-6-2-1-5-13(15)18(26)22-17(14)24/h1-2,5-6,10,12H,3-4,7-9,11H2,(H2,20,25)(H,22,26). The zero-order valence-electron chi connectivity index (χ0n) is 14.9. The van der Waals surface area contributed by atoms with Crippen LogP contribution in [0.2, 0.25) is 0 Å². The smallest absolute Gasteiger partial charge is 0.259 e. The van der Waals surface area contributed by atoms with Crippen molar-refractivity contribution in [2.45, 2.75) is 25.7 Å². The van der Waals surface area contributed by atoms with Gasteiger partial charge in [0.2, 0.25) is 5.91 Å². The van der Waals surface area contributed by atoms with Crippen LogP contribution in [-0.4, -0.2) is 44.4 Å². The fourth-order valence-corrected chi connectivity index (χ4v) is 3.83. The van der Waals surface area contributed by atoms with Gasteiger partial charge in [-0.1, -0.05) is 12.1 Å². The minimum atomic E-state index is -0.314.